The van der Waals surface area contributed by atoms with E-state index in [4.69, 9.17) is 0 Å². The number of aromatic nitrogens is 1. The first kappa shape index (κ1) is 12.1. The zero-order valence-corrected chi connectivity index (χ0v) is 10.9. The van der Waals surface area contributed by atoms with Gasteiger partial charge in [-0.15, -0.1) is 11.3 Å². The molecule has 0 aliphatic heterocycles. The van der Waals surface area contributed by atoms with E-state index in [0.717, 1.165) is 24.9 Å². The van der Waals surface area contributed by atoms with Crippen molar-refractivity contribution in [1.29, 1.82) is 0 Å². The second kappa shape index (κ2) is 6.36. The quantitative estimate of drug-likeness (QED) is 0.815. The van der Waals surface area contributed by atoms with Gasteiger partial charge in [-0.1, -0.05) is 19.8 Å². The van der Waals surface area contributed by atoms with Gasteiger partial charge in [0, 0.05) is 24.4 Å². The predicted molar refractivity (Wildman–Crippen MR) is 69.9 cm³/mol. The molecule has 1 fully saturated rings. The molecule has 2 nitrogen and oxygen atoms in total. The topological polar surface area (TPSA) is 24.9 Å². The van der Waals surface area contributed by atoms with Gasteiger partial charge in [-0.2, -0.15) is 0 Å². The molecule has 0 aromatic carbocycles. The Morgan fingerprint density at radius 1 is 1.38 bits per heavy atom. The largest absolute Gasteiger partial charge is 0.314 e. The highest BCUT2D eigenvalue weighted by molar-refractivity contribution is 7.07. The Balaban J connectivity index is 1.65. The lowest BCUT2D eigenvalue weighted by Gasteiger charge is -2.15. The summed E-state index contributed by atoms with van der Waals surface area (Å²) in [4.78, 5) is 4.31. The average Bonchev–Trinajstić information content (AvgIpc) is 2.70. The lowest BCUT2D eigenvalue weighted by atomic mass is 10.0. The van der Waals surface area contributed by atoms with Gasteiger partial charge in [-0.3, -0.25) is 0 Å². The zero-order valence-electron chi connectivity index (χ0n) is 10.1. The SMILES string of the molecule is CC1CCCC(NCCc2cscn2)CC1. The first-order valence-electron chi connectivity index (χ1n) is 6.45. The van der Waals surface area contributed by atoms with Gasteiger partial charge >= 0.3 is 0 Å². The van der Waals surface area contributed by atoms with Gasteiger partial charge in [-0.05, 0) is 25.2 Å². The molecule has 1 aliphatic carbocycles. The van der Waals surface area contributed by atoms with E-state index in [1.165, 1.54) is 37.8 Å². The molecule has 1 heterocycles. The molecular formula is C13H22N2S. The summed E-state index contributed by atoms with van der Waals surface area (Å²) in [6.07, 6.45) is 8.02. The standard InChI is InChI=1S/C13H22N2S/c1-11-3-2-4-12(6-5-11)14-8-7-13-9-16-10-15-13/h9-12,14H,2-8H2,1H3. The van der Waals surface area contributed by atoms with E-state index in [-0.39, 0.29) is 0 Å². The van der Waals surface area contributed by atoms with Crippen LogP contribution in [-0.4, -0.2) is 17.6 Å². The van der Waals surface area contributed by atoms with Crippen molar-refractivity contribution >= 4 is 11.3 Å². The monoisotopic (exact) mass is 238 g/mol. The molecule has 2 rings (SSSR count). The van der Waals surface area contributed by atoms with Crippen LogP contribution in [0.15, 0.2) is 10.9 Å². The number of hydrogen-bond acceptors (Lipinski definition) is 3. The maximum Gasteiger partial charge on any atom is 0.0794 e. The molecule has 0 spiro atoms. The van der Waals surface area contributed by atoms with Gasteiger partial charge in [0.1, 0.15) is 0 Å². The van der Waals surface area contributed by atoms with Crippen LogP contribution in [0.25, 0.3) is 0 Å². The molecule has 0 amide bonds. The van der Waals surface area contributed by atoms with Crippen molar-refractivity contribution in [1.82, 2.24) is 10.3 Å². The van der Waals surface area contributed by atoms with Crippen molar-refractivity contribution < 1.29 is 0 Å². The molecule has 1 aromatic heterocycles. The highest BCUT2D eigenvalue weighted by Gasteiger charge is 2.15. The Bertz CT molecular complexity index is 284. The molecule has 0 bridgehead atoms. The van der Waals surface area contributed by atoms with E-state index in [9.17, 15) is 0 Å². The molecule has 16 heavy (non-hydrogen) atoms. The Morgan fingerprint density at radius 3 is 3.12 bits per heavy atom. The van der Waals surface area contributed by atoms with E-state index in [2.05, 4.69) is 22.6 Å². The van der Waals surface area contributed by atoms with Crippen molar-refractivity contribution in [2.75, 3.05) is 6.54 Å². The number of nitrogens with one attached hydrogen (secondary N) is 1. The van der Waals surface area contributed by atoms with Crippen LogP contribution < -0.4 is 5.32 Å². The molecular weight excluding hydrogens is 216 g/mol. The summed E-state index contributed by atoms with van der Waals surface area (Å²) in [6.45, 7) is 3.47. The van der Waals surface area contributed by atoms with E-state index in [1.54, 1.807) is 11.3 Å². The first-order valence-corrected chi connectivity index (χ1v) is 7.39. The second-order valence-corrected chi connectivity index (χ2v) is 5.71. The van der Waals surface area contributed by atoms with Gasteiger partial charge in [0.15, 0.2) is 0 Å². The third-order valence-corrected chi connectivity index (χ3v) is 4.19. The van der Waals surface area contributed by atoms with Crippen LogP contribution in [0.2, 0.25) is 0 Å². The van der Waals surface area contributed by atoms with Crippen LogP contribution in [0.3, 0.4) is 0 Å². The summed E-state index contributed by atoms with van der Waals surface area (Å²) in [5, 5.41) is 5.83. The summed E-state index contributed by atoms with van der Waals surface area (Å²) >= 11 is 1.69. The minimum Gasteiger partial charge on any atom is -0.314 e. The maximum absolute atomic E-state index is 4.31. The van der Waals surface area contributed by atoms with E-state index in [1.807, 2.05) is 5.51 Å². The average molecular weight is 238 g/mol. The third-order valence-electron chi connectivity index (χ3n) is 3.56. The molecule has 1 saturated carbocycles. The van der Waals surface area contributed by atoms with E-state index in [0.29, 0.717) is 0 Å². The van der Waals surface area contributed by atoms with Gasteiger partial charge in [0.05, 0.1) is 11.2 Å². The van der Waals surface area contributed by atoms with E-state index < -0.39 is 0 Å². The maximum atomic E-state index is 4.31. The fourth-order valence-corrected chi connectivity index (χ4v) is 3.05. The lowest BCUT2D eigenvalue weighted by Crippen LogP contribution is -2.30. The highest BCUT2D eigenvalue weighted by Crippen LogP contribution is 2.22. The number of hydrogen-bond donors (Lipinski definition) is 1. The fraction of sp³-hybridized carbons (Fsp3) is 0.769. The van der Waals surface area contributed by atoms with Gasteiger partial charge < -0.3 is 5.32 Å². The summed E-state index contributed by atoms with van der Waals surface area (Å²) in [5.74, 6) is 0.936. The number of thiazole rings is 1. The molecule has 1 aliphatic rings. The molecule has 2 unspecified atom stereocenters. The molecule has 1 N–H and O–H groups in total. The molecule has 2 atom stereocenters. The molecule has 90 valence electrons. The summed E-state index contributed by atoms with van der Waals surface area (Å²) in [5.41, 5.74) is 3.15. The first-order chi connectivity index (χ1) is 7.84. The van der Waals surface area contributed by atoms with Crippen molar-refractivity contribution in [3.63, 3.8) is 0 Å². The van der Waals surface area contributed by atoms with Crippen LogP contribution >= 0.6 is 11.3 Å². The van der Waals surface area contributed by atoms with Crippen molar-refractivity contribution in [2.45, 2.75) is 51.5 Å². The number of nitrogens with zero attached hydrogens (tertiary/aromatic N) is 1. The molecule has 0 radical (unpaired) electrons. The van der Waals surface area contributed by atoms with Crippen molar-refractivity contribution in [3.8, 4) is 0 Å². The van der Waals surface area contributed by atoms with Crippen molar-refractivity contribution in [3.05, 3.63) is 16.6 Å². The Kier molecular flexibility index (Phi) is 4.79. The third kappa shape index (κ3) is 3.87. The summed E-state index contributed by atoms with van der Waals surface area (Å²) in [6, 6.07) is 0.753. The van der Waals surface area contributed by atoms with Gasteiger partial charge in [-0.25, -0.2) is 4.98 Å². The Hall–Kier alpha value is -0.410. The predicted octanol–water partition coefficient (Wildman–Crippen LogP) is 3.24. The van der Waals surface area contributed by atoms with Crippen LogP contribution in [-0.2, 0) is 6.42 Å². The molecule has 1 aromatic rings. The smallest absolute Gasteiger partial charge is 0.0794 e. The molecule has 0 saturated heterocycles. The van der Waals surface area contributed by atoms with Crippen LogP contribution in [0, 0.1) is 5.92 Å². The minimum absolute atomic E-state index is 0.753. The normalized spacial score (nSPS) is 26.6. The summed E-state index contributed by atoms with van der Waals surface area (Å²) in [7, 11) is 0. The van der Waals surface area contributed by atoms with Crippen LogP contribution in [0.4, 0.5) is 0 Å². The fourth-order valence-electron chi connectivity index (χ4n) is 2.46. The van der Waals surface area contributed by atoms with Gasteiger partial charge in [0.2, 0.25) is 0 Å². The van der Waals surface area contributed by atoms with Gasteiger partial charge in [0.25, 0.3) is 0 Å². The summed E-state index contributed by atoms with van der Waals surface area (Å²) < 4.78 is 0. The highest BCUT2D eigenvalue weighted by atomic mass is 32.1. The second-order valence-electron chi connectivity index (χ2n) is 4.99. The van der Waals surface area contributed by atoms with Crippen molar-refractivity contribution in [2.24, 2.45) is 5.92 Å². The van der Waals surface area contributed by atoms with E-state index >= 15 is 0 Å². The van der Waals surface area contributed by atoms with Crippen LogP contribution in [0.5, 0.6) is 0 Å². The Morgan fingerprint density at radius 2 is 2.31 bits per heavy atom. The molecule has 3 heteroatoms. The lowest BCUT2D eigenvalue weighted by molar-refractivity contribution is 0.450. The Labute approximate surface area is 102 Å². The van der Waals surface area contributed by atoms with Crippen LogP contribution in [0.1, 0.15) is 44.7 Å². The minimum atomic E-state index is 0.753. The number of rotatable bonds is 4. The zero-order chi connectivity index (χ0) is 11.2.